The third-order valence-electron chi connectivity index (χ3n) is 3.05. The minimum atomic E-state index is 0.518. The number of rotatable bonds is 6. The predicted molar refractivity (Wildman–Crippen MR) is 78.5 cm³/mol. The molecule has 102 valence electrons. The van der Waals surface area contributed by atoms with E-state index in [4.69, 9.17) is 4.74 Å². The van der Waals surface area contributed by atoms with Crippen LogP contribution in [0.15, 0.2) is 42.7 Å². The van der Waals surface area contributed by atoms with Crippen molar-refractivity contribution in [3.63, 3.8) is 0 Å². The molecular weight excluding hydrogens is 236 g/mol. The summed E-state index contributed by atoms with van der Waals surface area (Å²) in [6.07, 6.45) is 4.32. The van der Waals surface area contributed by atoms with Gasteiger partial charge in [-0.05, 0) is 29.3 Å². The van der Waals surface area contributed by atoms with Gasteiger partial charge >= 0.3 is 0 Å². The van der Waals surface area contributed by atoms with Crippen molar-refractivity contribution in [3.05, 3.63) is 53.9 Å². The maximum atomic E-state index is 5.16. The Morgan fingerprint density at radius 3 is 2.47 bits per heavy atom. The van der Waals surface area contributed by atoms with Crippen molar-refractivity contribution < 1.29 is 4.74 Å². The van der Waals surface area contributed by atoms with Crippen LogP contribution in [0.2, 0.25) is 0 Å². The van der Waals surface area contributed by atoms with Gasteiger partial charge in [-0.1, -0.05) is 26.0 Å². The molecule has 19 heavy (non-hydrogen) atoms. The third-order valence-corrected chi connectivity index (χ3v) is 3.05. The SMILES string of the molecule is COc1ccc(Cn2ccc(CNC(C)C)c2)cc1. The summed E-state index contributed by atoms with van der Waals surface area (Å²) in [6.45, 7) is 6.14. The number of hydrogen-bond donors (Lipinski definition) is 1. The molecular formula is C16H22N2O. The van der Waals surface area contributed by atoms with Gasteiger partial charge in [0.2, 0.25) is 0 Å². The van der Waals surface area contributed by atoms with E-state index in [1.807, 2.05) is 12.1 Å². The number of methoxy groups -OCH3 is 1. The molecule has 0 radical (unpaired) electrons. The molecule has 0 aliphatic heterocycles. The molecule has 1 N–H and O–H groups in total. The van der Waals surface area contributed by atoms with Gasteiger partial charge < -0.3 is 14.6 Å². The van der Waals surface area contributed by atoms with E-state index in [9.17, 15) is 0 Å². The van der Waals surface area contributed by atoms with E-state index in [1.165, 1.54) is 11.1 Å². The minimum Gasteiger partial charge on any atom is -0.497 e. The lowest BCUT2D eigenvalue weighted by atomic mass is 10.2. The largest absolute Gasteiger partial charge is 0.497 e. The molecule has 2 aromatic rings. The molecule has 0 spiro atoms. The van der Waals surface area contributed by atoms with Crippen LogP contribution in [0, 0.1) is 0 Å². The number of benzene rings is 1. The van der Waals surface area contributed by atoms with Gasteiger partial charge in [0.15, 0.2) is 0 Å². The van der Waals surface area contributed by atoms with Crippen LogP contribution in [-0.2, 0) is 13.1 Å². The molecule has 0 unspecified atom stereocenters. The van der Waals surface area contributed by atoms with Gasteiger partial charge in [0.25, 0.3) is 0 Å². The Labute approximate surface area is 115 Å². The Morgan fingerprint density at radius 2 is 1.84 bits per heavy atom. The minimum absolute atomic E-state index is 0.518. The van der Waals surface area contributed by atoms with Crippen LogP contribution in [0.3, 0.4) is 0 Å². The number of ether oxygens (including phenoxy) is 1. The first-order valence-electron chi connectivity index (χ1n) is 6.68. The quantitative estimate of drug-likeness (QED) is 0.862. The maximum Gasteiger partial charge on any atom is 0.118 e. The summed E-state index contributed by atoms with van der Waals surface area (Å²) >= 11 is 0. The van der Waals surface area contributed by atoms with E-state index in [0.717, 1.165) is 18.8 Å². The van der Waals surface area contributed by atoms with Gasteiger partial charge in [-0.15, -0.1) is 0 Å². The summed E-state index contributed by atoms with van der Waals surface area (Å²) in [5.41, 5.74) is 2.60. The molecule has 1 aromatic heterocycles. The molecule has 1 aromatic carbocycles. The zero-order valence-corrected chi connectivity index (χ0v) is 11.9. The smallest absolute Gasteiger partial charge is 0.118 e. The van der Waals surface area contributed by atoms with Gasteiger partial charge in [0.05, 0.1) is 7.11 Å². The second kappa shape index (κ2) is 6.43. The summed E-state index contributed by atoms with van der Waals surface area (Å²) in [5.74, 6) is 0.901. The average Bonchev–Trinajstić information content (AvgIpc) is 2.85. The molecule has 3 heteroatoms. The van der Waals surface area contributed by atoms with Crippen molar-refractivity contribution in [2.75, 3.05) is 7.11 Å². The van der Waals surface area contributed by atoms with Gasteiger partial charge in [0, 0.05) is 31.5 Å². The van der Waals surface area contributed by atoms with Crippen LogP contribution in [-0.4, -0.2) is 17.7 Å². The second-order valence-corrected chi connectivity index (χ2v) is 5.08. The van der Waals surface area contributed by atoms with E-state index in [0.29, 0.717) is 6.04 Å². The van der Waals surface area contributed by atoms with Gasteiger partial charge in [-0.25, -0.2) is 0 Å². The number of hydrogen-bond acceptors (Lipinski definition) is 2. The maximum absolute atomic E-state index is 5.16. The van der Waals surface area contributed by atoms with Crippen molar-refractivity contribution in [3.8, 4) is 5.75 Å². The first-order chi connectivity index (χ1) is 9.17. The van der Waals surface area contributed by atoms with E-state index < -0.39 is 0 Å². The molecule has 0 saturated heterocycles. The van der Waals surface area contributed by atoms with Gasteiger partial charge in [-0.2, -0.15) is 0 Å². The molecule has 0 bridgehead atoms. The zero-order chi connectivity index (χ0) is 13.7. The van der Waals surface area contributed by atoms with Crippen molar-refractivity contribution >= 4 is 0 Å². The fourth-order valence-electron chi connectivity index (χ4n) is 1.96. The van der Waals surface area contributed by atoms with Gasteiger partial charge in [-0.3, -0.25) is 0 Å². The predicted octanol–water partition coefficient (Wildman–Crippen LogP) is 3.04. The summed E-state index contributed by atoms with van der Waals surface area (Å²) in [4.78, 5) is 0. The molecule has 0 fully saturated rings. The van der Waals surface area contributed by atoms with Crippen LogP contribution in [0.4, 0.5) is 0 Å². The van der Waals surface area contributed by atoms with Crippen molar-refractivity contribution in [1.82, 2.24) is 9.88 Å². The zero-order valence-electron chi connectivity index (χ0n) is 11.9. The second-order valence-electron chi connectivity index (χ2n) is 5.08. The Balaban J connectivity index is 1.95. The Bertz CT molecular complexity index is 500. The topological polar surface area (TPSA) is 26.2 Å². The van der Waals surface area contributed by atoms with Crippen LogP contribution >= 0.6 is 0 Å². The van der Waals surface area contributed by atoms with E-state index >= 15 is 0 Å². The lowest BCUT2D eigenvalue weighted by Gasteiger charge is -2.06. The molecule has 2 rings (SSSR count). The Hall–Kier alpha value is -1.74. The number of nitrogens with one attached hydrogen (secondary N) is 1. The molecule has 0 atom stereocenters. The normalized spacial score (nSPS) is 10.9. The molecule has 0 aliphatic carbocycles. The molecule has 0 amide bonds. The van der Waals surface area contributed by atoms with Crippen LogP contribution in [0.5, 0.6) is 5.75 Å². The van der Waals surface area contributed by atoms with E-state index in [1.54, 1.807) is 7.11 Å². The highest BCUT2D eigenvalue weighted by molar-refractivity contribution is 5.27. The molecule has 0 aliphatic rings. The summed E-state index contributed by atoms with van der Waals surface area (Å²) in [5, 5.41) is 3.42. The highest BCUT2D eigenvalue weighted by atomic mass is 16.5. The lowest BCUT2D eigenvalue weighted by molar-refractivity contribution is 0.414. The van der Waals surface area contributed by atoms with Crippen LogP contribution in [0.1, 0.15) is 25.0 Å². The Morgan fingerprint density at radius 1 is 1.11 bits per heavy atom. The summed E-state index contributed by atoms with van der Waals surface area (Å²) in [6, 6.07) is 10.9. The molecule has 3 nitrogen and oxygen atoms in total. The highest BCUT2D eigenvalue weighted by Gasteiger charge is 2.00. The highest BCUT2D eigenvalue weighted by Crippen LogP contribution is 2.13. The summed E-state index contributed by atoms with van der Waals surface area (Å²) in [7, 11) is 1.69. The average molecular weight is 258 g/mol. The first kappa shape index (κ1) is 13.7. The van der Waals surface area contributed by atoms with E-state index in [2.05, 4.69) is 54.3 Å². The third kappa shape index (κ3) is 4.14. The molecule has 0 saturated carbocycles. The standard InChI is InChI=1S/C16H22N2O/c1-13(2)17-10-15-8-9-18(12-15)11-14-4-6-16(19-3)7-5-14/h4-9,12-13,17H,10-11H2,1-3H3. The lowest BCUT2D eigenvalue weighted by Crippen LogP contribution is -2.21. The van der Waals surface area contributed by atoms with Crippen molar-refractivity contribution in [2.45, 2.75) is 33.0 Å². The fraction of sp³-hybridized carbons (Fsp3) is 0.375. The first-order valence-corrected chi connectivity index (χ1v) is 6.68. The van der Waals surface area contributed by atoms with Crippen LogP contribution in [0.25, 0.3) is 0 Å². The fourth-order valence-corrected chi connectivity index (χ4v) is 1.96. The van der Waals surface area contributed by atoms with Crippen molar-refractivity contribution in [2.24, 2.45) is 0 Å². The number of nitrogens with zero attached hydrogens (tertiary/aromatic N) is 1. The summed E-state index contributed by atoms with van der Waals surface area (Å²) < 4.78 is 7.37. The van der Waals surface area contributed by atoms with Crippen LogP contribution < -0.4 is 10.1 Å². The molecule has 1 heterocycles. The van der Waals surface area contributed by atoms with Crippen molar-refractivity contribution in [1.29, 1.82) is 0 Å². The van der Waals surface area contributed by atoms with E-state index in [-0.39, 0.29) is 0 Å². The monoisotopic (exact) mass is 258 g/mol. The van der Waals surface area contributed by atoms with Gasteiger partial charge in [0.1, 0.15) is 5.75 Å². The number of aromatic nitrogens is 1. The Kier molecular flexibility index (Phi) is 4.63.